The number of hydrogen-bond donors (Lipinski definition) is 2. The van der Waals surface area contributed by atoms with Crippen molar-refractivity contribution in [3.63, 3.8) is 0 Å². The van der Waals surface area contributed by atoms with Crippen LogP contribution in [0.5, 0.6) is 0 Å². The summed E-state index contributed by atoms with van der Waals surface area (Å²) in [5.41, 5.74) is 3.31. The molecule has 4 rings (SSSR count). The minimum absolute atomic E-state index is 0.0814. The Morgan fingerprint density at radius 3 is 2.31 bits per heavy atom. The highest BCUT2D eigenvalue weighted by Crippen LogP contribution is 2.22. The Bertz CT molecular complexity index is 1040. The van der Waals surface area contributed by atoms with E-state index in [0.29, 0.717) is 11.4 Å². The topological polar surface area (TPSA) is 64.7 Å². The number of rotatable bonds is 7. The van der Waals surface area contributed by atoms with Gasteiger partial charge in [0.1, 0.15) is 0 Å². The van der Waals surface area contributed by atoms with Gasteiger partial charge in [-0.25, -0.2) is 0 Å². The standard InChI is InChI=1S/C25H28N4O2S/c1-19(30)26-17-23-11-12-24(32-23)25(31)27-21-7-9-22(10-8-21)29-15-13-28(14-16-29)18-20-5-3-2-4-6-20/h2-12H,13-18H2,1H3,(H,26,30)(H,27,31). The molecule has 2 amide bonds. The third-order valence-electron chi connectivity index (χ3n) is 5.51. The van der Waals surface area contributed by atoms with Crippen molar-refractivity contribution >= 4 is 34.5 Å². The van der Waals surface area contributed by atoms with Gasteiger partial charge in [0.2, 0.25) is 5.91 Å². The number of benzene rings is 2. The van der Waals surface area contributed by atoms with Gasteiger partial charge in [0.05, 0.1) is 11.4 Å². The highest BCUT2D eigenvalue weighted by Gasteiger charge is 2.17. The van der Waals surface area contributed by atoms with Crippen LogP contribution in [0.25, 0.3) is 0 Å². The molecule has 3 aromatic rings. The van der Waals surface area contributed by atoms with Crippen molar-refractivity contribution in [2.75, 3.05) is 36.4 Å². The Morgan fingerprint density at radius 2 is 1.62 bits per heavy atom. The summed E-state index contributed by atoms with van der Waals surface area (Å²) in [5.74, 6) is -0.214. The predicted molar refractivity (Wildman–Crippen MR) is 130 cm³/mol. The molecular weight excluding hydrogens is 420 g/mol. The summed E-state index contributed by atoms with van der Waals surface area (Å²) in [6.07, 6.45) is 0. The lowest BCUT2D eigenvalue weighted by Crippen LogP contribution is -2.45. The molecule has 0 atom stereocenters. The second kappa shape index (κ2) is 10.4. The van der Waals surface area contributed by atoms with Gasteiger partial charge in [0.15, 0.2) is 0 Å². The SMILES string of the molecule is CC(=O)NCc1ccc(C(=O)Nc2ccc(N3CCN(Cc4ccccc4)CC3)cc2)s1. The van der Waals surface area contributed by atoms with E-state index in [-0.39, 0.29) is 11.8 Å². The average molecular weight is 449 g/mol. The molecule has 0 bridgehead atoms. The molecule has 0 unspecified atom stereocenters. The molecule has 6 nitrogen and oxygen atoms in total. The van der Waals surface area contributed by atoms with Crippen molar-refractivity contribution in [3.05, 3.63) is 82.0 Å². The Kier molecular flexibility index (Phi) is 7.19. The Labute approximate surface area is 192 Å². The molecule has 0 spiro atoms. The van der Waals surface area contributed by atoms with E-state index >= 15 is 0 Å². The number of carbonyl (C=O) groups excluding carboxylic acids is 2. The number of piperazine rings is 1. The van der Waals surface area contributed by atoms with Gasteiger partial charge in [-0.1, -0.05) is 30.3 Å². The van der Waals surface area contributed by atoms with Gasteiger partial charge < -0.3 is 15.5 Å². The van der Waals surface area contributed by atoms with Crippen LogP contribution in [0.2, 0.25) is 0 Å². The second-order valence-electron chi connectivity index (χ2n) is 7.93. The Hall–Kier alpha value is -3.16. The molecule has 1 fully saturated rings. The first-order chi connectivity index (χ1) is 15.6. The van der Waals surface area contributed by atoms with E-state index in [1.807, 2.05) is 18.2 Å². The fraction of sp³-hybridized carbons (Fsp3) is 0.280. The van der Waals surface area contributed by atoms with Crippen LogP contribution in [0.15, 0.2) is 66.7 Å². The number of amides is 2. The number of thiophene rings is 1. The zero-order valence-electron chi connectivity index (χ0n) is 18.2. The van der Waals surface area contributed by atoms with Crippen molar-refractivity contribution in [1.82, 2.24) is 10.2 Å². The van der Waals surface area contributed by atoms with Crippen molar-refractivity contribution < 1.29 is 9.59 Å². The third kappa shape index (κ3) is 5.96. The van der Waals surface area contributed by atoms with Crippen molar-refractivity contribution in [1.29, 1.82) is 0 Å². The lowest BCUT2D eigenvalue weighted by atomic mass is 10.2. The van der Waals surface area contributed by atoms with Crippen LogP contribution in [0.3, 0.4) is 0 Å². The molecule has 1 aliphatic rings. The van der Waals surface area contributed by atoms with Gasteiger partial charge in [-0.3, -0.25) is 14.5 Å². The molecule has 1 aromatic heterocycles. The zero-order chi connectivity index (χ0) is 22.3. The summed E-state index contributed by atoms with van der Waals surface area (Å²) in [5, 5.41) is 5.71. The van der Waals surface area contributed by atoms with Crippen LogP contribution in [-0.4, -0.2) is 42.9 Å². The van der Waals surface area contributed by atoms with Crippen LogP contribution in [-0.2, 0) is 17.9 Å². The maximum Gasteiger partial charge on any atom is 0.265 e. The average Bonchev–Trinajstić information content (AvgIpc) is 3.29. The van der Waals surface area contributed by atoms with Crippen molar-refractivity contribution in [2.45, 2.75) is 20.0 Å². The molecule has 2 heterocycles. The molecule has 32 heavy (non-hydrogen) atoms. The second-order valence-corrected chi connectivity index (χ2v) is 9.09. The molecule has 0 saturated carbocycles. The fourth-order valence-electron chi connectivity index (χ4n) is 3.76. The quantitative estimate of drug-likeness (QED) is 0.574. The smallest absolute Gasteiger partial charge is 0.265 e. The molecular formula is C25H28N4O2S. The van der Waals surface area contributed by atoms with Gasteiger partial charge in [-0.15, -0.1) is 11.3 Å². The summed E-state index contributed by atoms with van der Waals surface area (Å²) >= 11 is 1.39. The molecule has 1 saturated heterocycles. The predicted octanol–water partition coefficient (Wildman–Crippen LogP) is 3.96. The van der Waals surface area contributed by atoms with E-state index in [1.54, 1.807) is 6.07 Å². The van der Waals surface area contributed by atoms with Gasteiger partial charge in [0.25, 0.3) is 5.91 Å². The van der Waals surface area contributed by atoms with E-state index in [4.69, 9.17) is 0 Å². The summed E-state index contributed by atoms with van der Waals surface area (Å²) in [7, 11) is 0. The number of anilines is 2. The largest absolute Gasteiger partial charge is 0.369 e. The van der Waals surface area contributed by atoms with Crippen LogP contribution in [0, 0.1) is 0 Å². The first-order valence-corrected chi connectivity index (χ1v) is 11.6. The lowest BCUT2D eigenvalue weighted by molar-refractivity contribution is -0.119. The first-order valence-electron chi connectivity index (χ1n) is 10.8. The van der Waals surface area contributed by atoms with Gasteiger partial charge in [-0.05, 0) is 42.0 Å². The van der Waals surface area contributed by atoms with Gasteiger partial charge in [0, 0.05) is 55.9 Å². The third-order valence-corrected chi connectivity index (χ3v) is 6.59. The summed E-state index contributed by atoms with van der Waals surface area (Å²) in [6, 6.07) is 22.3. The summed E-state index contributed by atoms with van der Waals surface area (Å²) in [4.78, 5) is 30.0. The monoisotopic (exact) mass is 448 g/mol. The minimum atomic E-state index is -0.133. The first kappa shape index (κ1) is 22.0. The highest BCUT2D eigenvalue weighted by molar-refractivity contribution is 7.14. The lowest BCUT2D eigenvalue weighted by Gasteiger charge is -2.36. The van der Waals surface area contributed by atoms with E-state index in [2.05, 4.69) is 62.9 Å². The summed E-state index contributed by atoms with van der Waals surface area (Å²) < 4.78 is 0. The van der Waals surface area contributed by atoms with Crippen LogP contribution < -0.4 is 15.5 Å². The molecule has 166 valence electrons. The maximum atomic E-state index is 12.5. The van der Waals surface area contributed by atoms with Crippen LogP contribution in [0.1, 0.15) is 27.0 Å². The van der Waals surface area contributed by atoms with E-state index in [0.717, 1.165) is 43.3 Å². The molecule has 1 aliphatic heterocycles. The van der Waals surface area contributed by atoms with Crippen molar-refractivity contribution in [3.8, 4) is 0 Å². The number of carbonyl (C=O) groups is 2. The van der Waals surface area contributed by atoms with E-state index < -0.39 is 0 Å². The van der Waals surface area contributed by atoms with E-state index in [9.17, 15) is 9.59 Å². The number of hydrogen-bond acceptors (Lipinski definition) is 5. The normalized spacial score (nSPS) is 14.2. The van der Waals surface area contributed by atoms with Gasteiger partial charge >= 0.3 is 0 Å². The minimum Gasteiger partial charge on any atom is -0.369 e. The number of nitrogens with one attached hydrogen (secondary N) is 2. The Balaban J connectivity index is 1.27. The number of nitrogens with zero attached hydrogens (tertiary/aromatic N) is 2. The van der Waals surface area contributed by atoms with Crippen molar-refractivity contribution in [2.24, 2.45) is 0 Å². The summed E-state index contributed by atoms with van der Waals surface area (Å²) in [6.45, 7) is 6.97. The molecule has 2 N–H and O–H groups in total. The van der Waals surface area contributed by atoms with Crippen LogP contribution in [0.4, 0.5) is 11.4 Å². The Morgan fingerprint density at radius 1 is 0.906 bits per heavy atom. The van der Waals surface area contributed by atoms with Gasteiger partial charge in [-0.2, -0.15) is 0 Å². The van der Waals surface area contributed by atoms with Crippen LogP contribution >= 0.6 is 11.3 Å². The molecule has 0 radical (unpaired) electrons. The van der Waals surface area contributed by atoms with E-state index in [1.165, 1.54) is 29.5 Å². The fourth-order valence-corrected chi connectivity index (χ4v) is 4.60. The molecule has 7 heteroatoms. The molecule has 2 aromatic carbocycles. The maximum absolute atomic E-state index is 12.5. The molecule has 0 aliphatic carbocycles. The zero-order valence-corrected chi connectivity index (χ0v) is 19.0. The highest BCUT2D eigenvalue weighted by atomic mass is 32.1.